The summed E-state index contributed by atoms with van der Waals surface area (Å²) in [5, 5.41) is 13.8. The number of aromatic nitrogens is 1. The number of carboxylic acid groups (broad SMARTS) is 1. The zero-order valence-electron chi connectivity index (χ0n) is 14.5. The first-order valence-corrected chi connectivity index (χ1v) is 9.13. The molecular formula is C20H24N2O3. The van der Waals surface area contributed by atoms with E-state index in [1.165, 1.54) is 18.4 Å². The van der Waals surface area contributed by atoms with Crippen LogP contribution in [0, 0.1) is 12.8 Å². The van der Waals surface area contributed by atoms with Crippen LogP contribution in [0.25, 0.3) is 11.3 Å². The minimum atomic E-state index is -0.715. The first-order chi connectivity index (χ1) is 12.1. The summed E-state index contributed by atoms with van der Waals surface area (Å²) in [4.78, 5) is 13.8. The summed E-state index contributed by atoms with van der Waals surface area (Å²) in [7, 11) is 0. The van der Waals surface area contributed by atoms with E-state index in [0.29, 0.717) is 18.5 Å². The van der Waals surface area contributed by atoms with E-state index in [0.717, 1.165) is 36.3 Å². The highest BCUT2D eigenvalue weighted by Gasteiger charge is 2.45. The molecule has 0 amide bonds. The zero-order chi connectivity index (χ0) is 17.4. The lowest BCUT2D eigenvalue weighted by Crippen LogP contribution is -2.41. The average molecular weight is 340 g/mol. The molecule has 4 rings (SSSR count). The standard InChI is InChI=1S/C20H24N2O3/c1-13-6-8-14(9-7-13)17-11-16(25-21-17)12-22-18-5-3-2-4-15(18)10-19(22)20(23)24/h6-9,11,15,18-19H,2-5,10,12H2,1H3,(H,23,24)/t15-,18-,19-/m0/s1. The molecule has 5 nitrogen and oxygen atoms in total. The fourth-order valence-electron chi connectivity index (χ4n) is 4.45. The van der Waals surface area contributed by atoms with Gasteiger partial charge in [-0.25, -0.2) is 0 Å². The quantitative estimate of drug-likeness (QED) is 0.915. The lowest BCUT2D eigenvalue weighted by molar-refractivity contribution is -0.143. The number of fused-ring (bicyclic) bond motifs is 1. The van der Waals surface area contributed by atoms with E-state index in [-0.39, 0.29) is 0 Å². The number of aliphatic carboxylic acids is 1. The van der Waals surface area contributed by atoms with E-state index in [1.54, 1.807) is 0 Å². The molecule has 132 valence electrons. The molecule has 2 fully saturated rings. The van der Waals surface area contributed by atoms with Crippen LogP contribution >= 0.6 is 0 Å². The lowest BCUT2D eigenvalue weighted by atomic mass is 9.85. The molecule has 1 aromatic heterocycles. The second kappa shape index (κ2) is 6.64. The first-order valence-electron chi connectivity index (χ1n) is 9.13. The van der Waals surface area contributed by atoms with Crippen molar-refractivity contribution in [2.75, 3.05) is 0 Å². The predicted molar refractivity (Wildman–Crippen MR) is 94.0 cm³/mol. The molecular weight excluding hydrogens is 316 g/mol. The van der Waals surface area contributed by atoms with Gasteiger partial charge in [-0.2, -0.15) is 0 Å². The topological polar surface area (TPSA) is 66.6 Å². The van der Waals surface area contributed by atoms with Crippen molar-refractivity contribution in [3.63, 3.8) is 0 Å². The maximum absolute atomic E-state index is 11.7. The number of carbonyl (C=O) groups is 1. The minimum Gasteiger partial charge on any atom is -0.480 e. The van der Waals surface area contributed by atoms with Crippen LogP contribution in [0.5, 0.6) is 0 Å². The van der Waals surface area contributed by atoms with Crippen molar-refractivity contribution >= 4 is 5.97 Å². The van der Waals surface area contributed by atoms with Gasteiger partial charge in [0.2, 0.25) is 0 Å². The summed E-state index contributed by atoms with van der Waals surface area (Å²) in [5.74, 6) is 0.537. The van der Waals surface area contributed by atoms with E-state index >= 15 is 0 Å². The van der Waals surface area contributed by atoms with Gasteiger partial charge in [-0.05, 0) is 32.1 Å². The maximum Gasteiger partial charge on any atom is 0.320 e. The fraction of sp³-hybridized carbons (Fsp3) is 0.500. The van der Waals surface area contributed by atoms with Crippen molar-refractivity contribution in [2.24, 2.45) is 5.92 Å². The number of aryl methyl sites for hydroxylation is 1. The van der Waals surface area contributed by atoms with E-state index in [4.69, 9.17) is 4.52 Å². The monoisotopic (exact) mass is 340 g/mol. The molecule has 1 N–H and O–H groups in total. The molecule has 2 aromatic rings. The molecule has 1 aromatic carbocycles. The van der Waals surface area contributed by atoms with Gasteiger partial charge in [0, 0.05) is 17.7 Å². The van der Waals surface area contributed by atoms with Crippen LogP contribution in [0.3, 0.4) is 0 Å². The minimum absolute atomic E-state index is 0.364. The van der Waals surface area contributed by atoms with Gasteiger partial charge in [-0.15, -0.1) is 0 Å². The Bertz CT molecular complexity index is 753. The third-order valence-corrected chi connectivity index (χ3v) is 5.75. The summed E-state index contributed by atoms with van der Waals surface area (Å²) in [6, 6.07) is 10.1. The third kappa shape index (κ3) is 3.21. The van der Waals surface area contributed by atoms with E-state index in [1.807, 2.05) is 18.2 Å². The normalized spacial score (nSPS) is 26.5. The Hall–Kier alpha value is -2.14. The molecule has 25 heavy (non-hydrogen) atoms. The van der Waals surface area contributed by atoms with Gasteiger partial charge >= 0.3 is 5.97 Å². The molecule has 0 unspecified atom stereocenters. The molecule has 2 heterocycles. The Morgan fingerprint density at radius 1 is 1.28 bits per heavy atom. The van der Waals surface area contributed by atoms with Crippen molar-refractivity contribution in [3.8, 4) is 11.3 Å². The van der Waals surface area contributed by atoms with Gasteiger partial charge in [-0.3, -0.25) is 9.69 Å². The molecule has 1 saturated carbocycles. The Kier molecular flexibility index (Phi) is 4.34. The van der Waals surface area contributed by atoms with Gasteiger partial charge in [0.25, 0.3) is 0 Å². The van der Waals surface area contributed by atoms with Crippen molar-refractivity contribution in [1.29, 1.82) is 0 Å². The third-order valence-electron chi connectivity index (χ3n) is 5.75. The smallest absolute Gasteiger partial charge is 0.320 e. The number of rotatable bonds is 4. The van der Waals surface area contributed by atoms with Crippen molar-refractivity contribution in [3.05, 3.63) is 41.7 Å². The van der Waals surface area contributed by atoms with Gasteiger partial charge in [0.1, 0.15) is 11.7 Å². The highest BCUT2D eigenvalue weighted by Crippen LogP contribution is 2.40. The van der Waals surface area contributed by atoms with Gasteiger partial charge in [-0.1, -0.05) is 47.8 Å². The Labute approximate surface area is 147 Å². The van der Waals surface area contributed by atoms with Crippen LogP contribution in [-0.4, -0.2) is 33.2 Å². The number of likely N-dealkylation sites (tertiary alicyclic amines) is 1. The predicted octanol–water partition coefficient (Wildman–Crippen LogP) is 3.87. The largest absolute Gasteiger partial charge is 0.480 e. The van der Waals surface area contributed by atoms with Crippen LogP contribution in [0.1, 0.15) is 43.4 Å². The van der Waals surface area contributed by atoms with Crippen LogP contribution in [0.4, 0.5) is 0 Å². The van der Waals surface area contributed by atoms with Gasteiger partial charge in [0.05, 0.1) is 6.54 Å². The highest BCUT2D eigenvalue weighted by molar-refractivity contribution is 5.74. The van der Waals surface area contributed by atoms with Crippen LogP contribution in [0.15, 0.2) is 34.9 Å². The molecule has 1 saturated heterocycles. The van der Waals surface area contributed by atoms with E-state index in [2.05, 4.69) is 29.1 Å². The molecule has 5 heteroatoms. The van der Waals surface area contributed by atoms with E-state index < -0.39 is 12.0 Å². The van der Waals surface area contributed by atoms with Crippen molar-refractivity contribution in [2.45, 2.75) is 57.7 Å². The number of benzene rings is 1. The average Bonchev–Trinajstić information content (AvgIpc) is 3.21. The highest BCUT2D eigenvalue weighted by atomic mass is 16.5. The summed E-state index contributed by atoms with van der Waals surface area (Å²) >= 11 is 0. The van der Waals surface area contributed by atoms with Gasteiger partial charge < -0.3 is 9.63 Å². The van der Waals surface area contributed by atoms with Crippen LogP contribution in [0.2, 0.25) is 0 Å². The van der Waals surface area contributed by atoms with Crippen molar-refractivity contribution < 1.29 is 14.4 Å². The maximum atomic E-state index is 11.7. The number of nitrogens with zero attached hydrogens (tertiary/aromatic N) is 2. The van der Waals surface area contributed by atoms with Crippen molar-refractivity contribution in [1.82, 2.24) is 10.1 Å². The molecule has 0 spiro atoms. The molecule has 1 aliphatic carbocycles. The molecule has 0 radical (unpaired) electrons. The number of hydrogen-bond donors (Lipinski definition) is 1. The Morgan fingerprint density at radius 3 is 2.80 bits per heavy atom. The van der Waals surface area contributed by atoms with Crippen LogP contribution in [-0.2, 0) is 11.3 Å². The Morgan fingerprint density at radius 2 is 2.04 bits per heavy atom. The zero-order valence-corrected chi connectivity index (χ0v) is 14.5. The molecule has 0 bridgehead atoms. The number of carboxylic acids is 1. The molecule has 3 atom stereocenters. The fourth-order valence-corrected chi connectivity index (χ4v) is 4.45. The number of hydrogen-bond acceptors (Lipinski definition) is 4. The first kappa shape index (κ1) is 16.3. The SMILES string of the molecule is Cc1ccc(-c2cc(CN3[C@H](C(=O)O)C[C@@H]4CCCC[C@@H]43)on2)cc1. The summed E-state index contributed by atoms with van der Waals surface area (Å²) in [6.45, 7) is 2.58. The summed E-state index contributed by atoms with van der Waals surface area (Å²) in [6.07, 6.45) is 5.42. The lowest BCUT2D eigenvalue weighted by Gasteiger charge is -2.32. The molecule has 2 aliphatic rings. The van der Waals surface area contributed by atoms with Gasteiger partial charge in [0.15, 0.2) is 5.76 Å². The molecule has 1 aliphatic heterocycles. The van der Waals surface area contributed by atoms with Crippen LogP contribution < -0.4 is 0 Å². The summed E-state index contributed by atoms with van der Waals surface area (Å²) < 4.78 is 5.53. The van der Waals surface area contributed by atoms with E-state index in [9.17, 15) is 9.90 Å². The summed E-state index contributed by atoms with van der Waals surface area (Å²) in [5.41, 5.74) is 3.03. The Balaban J connectivity index is 1.54. The second-order valence-corrected chi connectivity index (χ2v) is 7.42. The second-order valence-electron chi connectivity index (χ2n) is 7.42.